The Balaban J connectivity index is 2.36. The number of halogens is 3. The minimum atomic E-state index is -0.936. The van der Waals surface area contributed by atoms with Crippen molar-refractivity contribution in [2.24, 2.45) is 5.73 Å². The lowest BCUT2D eigenvalue weighted by Crippen LogP contribution is -2.20. The molecule has 3 N–H and O–H groups in total. The van der Waals surface area contributed by atoms with E-state index in [2.05, 4.69) is 0 Å². The Morgan fingerprint density at radius 2 is 1.90 bits per heavy atom. The van der Waals surface area contributed by atoms with Crippen molar-refractivity contribution in [2.75, 3.05) is 6.54 Å². The smallest absolute Gasteiger partial charge is 0.123 e. The van der Waals surface area contributed by atoms with E-state index in [1.165, 1.54) is 12.1 Å². The summed E-state index contributed by atoms with van der Waals surface area (Å²) >= 11 is 12.0. The fraction of sp³-hybridized carbons (Fsp3) is 0.200. The van der Waals surface area contributed by atoms with Crippen LogP contribution in [0.25, 0.3) is 0 Å². The second-order valence-electron chi connectivity index (χ2n) is 4.51. The zero-order chi connectivity index (χ0) is 14.7. The van der Waals surface area contributed by atoms with E-state index in [1.807, 2.05) is 0 Å². The summed E-state index contributed by atoms with van der Waals surface area (Å²) in [6, 6.07) is 10.8. The van der Waals surface area contributed by atoms with Crippen LogP contribution >= 0.6 is 23.2 Å². The maximum Gasteiger partial charge on any atom is 0.123 e. The molecule has 0 bridgehead atoms. The predicted molar refractivity (Wildman–Crippen MR) is 79.6 cm³/mol. The topological polar surface area (TPSA) is 46.2 Å². The molecule has 2 aromatic carbocycles. The third kappa shape index (κ3) is 3.30. The maximum absolute atomic E-state index is 13.2. The average molecular weight is 314 g/mol. The van der Waals surface area contributed by atoms with Gasteiger partial charge in [-0.05, 0) is 35.4 Å². The third-order valence-corrected chi connectivity index (χ3v) is 3.75. The molecule has 20 heavy (non-hydrogen) atoms. The van der Waals surface area contributed by atoms with Gasteiger partial charge in [0, 0.05) is 22.5 Å². The molecule has 106 valence electrons. The first kappa shape index (κ1) is 15.3. The van der Waals surface area contributed by atoms with E-state index in [0.29, 0.717) is 21.2 Å². The molecule has 2 nitrogen and oxygen atoms in total. The van der Waals surface area contributed by atoms with Crippen LogP contribution in [0.2, 0.25) is 10.0 Å². The van der Waals surface area contributed by atoms with Crippen molar-refractivity contribution in [2.45, 2.75) is 12.0 Å². The van der Waals surface area contributed by atoms with E-state index < -0.39 is 17.8 Å². The molecule has 0 aliphatic rings. The van der Waals surface area contributed by atoms with Gasteiger partial charge < -0.3 is 10.8 Å². The lowest BCUT2D eigenvalue weighted by molar-refractivity contribution is 0.147. The summed E-state index contributed by atoms with van der Waals surface area (Å²) in [5, 5.41) is 11.4. The van der Waals surface area contributed by atoms with Gasteiger partial charge >= 0.3 is 0 Å². The number of hydrogen-bond acceptors (Lipinski definition) is 2. The molecule has 0 aliphatic carbocycles. The monoisotopic (exact) mass is 313 g/mol. The van der Waals surface area contributed by atoms with E-state index in [4.69, 9.17) is 28.9 Å². The minimum Gasteiger partial charge on any atom is -0.388 e. The van der Waals surface area contributed by atoms with Gasteiger partial charge in [-0.25, -0.2) is 4.39 Å². The Hall–Kier alpha value is -1.13. The van der Waals surface area contributed by atoms with Crippen molar-refractivity contribution in [3.63, 3.8) is 0 Å². The summed E-state index contributed by atoms with van der Waals surface area (Å²) < 4.78 is 13.2. The highest BCUT2D eigenvalue weighted by Gasteiger charge is 2.24. The van der Waals surface area contributed by atoms with Crippen molar-refractivity contribution in [3.8, 4) is 0 Å². The van der Waals surface area contributed by atoms with Gasteiger partial charge in [-0.1, -0.05) is 41.4 Å². The first-order valence-corrected chi connectivity index (χ1v) is 6.87. The highest BCUT2D eigenvalue weighted by molar-refractivity contribution is 6.35. The molecule has 0 radical (unpaired) electrons. The molecule has 0 aromatic heterocycles. The number of hydrogen-bond donors (Lipinski definition) is 2. The Morgan fingerprint density at radius 3 is 2.50 bits per heavy atom. The van der Waals surface area contributed by atoms with E-state index in [0.717, 1.165) is 0 Å². The van der Waals surface area contributed by atoms with Gasteiger partial charge in [-0.15, -0.1) is 0 Å². The molecule has 2 rings (SSSR count). The maximum atomic E-state index is 13.2. The standard InChI is InChI=1S/C15H14Cl2FNO/c16-10-4-5-12(14(17)7-10)13(8-19)15(20)9-2-1-3-11(18)6-9/h1-7,13,15,20H,8,19H2. The van der Waals surface area contributed by atoms with Crippen LogP contribution in [0.3, 0.4) is 0 Å². The quantitative estimate of drug-likeness (QED) is 0.899. The normalized spacial score (nSPS) is 14.1. The SMILES string of the molecule is NCC(c1ccc(Cl)cc1Cl)C(O)c1cccc(F)c1. The van der Waals surface area contributed by atoms with Crippen LogP contribution in [-0.4, -0.2) is 11.7 Å². The molecule has 0 heterocycles. The minimum absolute atomic E-state index is 0.180. The summed E-state index contributed by atoms with van der Waals surface area (Å²) in [5.41, 5.74) is 6.90. The van der Waals surface area contributed by atoms with Crippen LogP contribution in [0, 0.1) is 5.82 Å². The Labute approximate surface area is 126 Å². The molecule has 0 spiro atoms. The van der Waals surface area contributed by atoms with E-state index in [1.54, 1.807) is 30.3 Å². The molecular weight excluding hydrogens is 300 g/mol. The van der Waals surface area contributed by atoms with Crippen LogP contribution in [0.4, 0.5) is 4.39 Å². The van der Waals surface area contributed by atoms with Crippen LogP contribution in [0.1, 0.15) is 23.1 Å². The van der Waals surface area contributed by atoms with Gasteiger partial charge in [0.15, 0.2) is 0 Å². The summed E-state index contributed by atoms with van der Waals surface area (Å²) in [5.74, 6) is -0.832. The first-order chi connectivity index (χ1) is 9.52. The van der Waals surface area contributed by atoms with Crippen molar-refractivity contribution >= 4 is 23.2 Å². The highest BCUT2D eigenvalue weighted by atomic mass is 35.5. The van der Waals surface area contributed by atoms with E-state index in [9.17, 15) is 9.50 Å². The molecule has 0 aliphatic heterocycles. The molecule has 0 saturated carbocycles. The second kappa shape index (κ2) is 6.55. The van der Waals surface area contributed by atoms with Gasteiger partial charge in [0.25, 0.3) is 0 Å². The lowest BCUT2D eigenvalue weighted by Gasteiger charge is -2.23. The number of aliphatic hydroxyl groups is 1. The van der Waals surface area contributed by atoms with Gasteiger partial charge in [0.1, 0.15) is 5.82 Å². The van der Waals surface area contributed by atoms with E-state index in [-0.39, 0.29) is 6.54 Å². The lowest BCUT2D eigenvalue weighted by atomic mass is 9.89. The van der Waals surface area contributed by atoms with Crippen molar-refractivity contribution in [1.29, 1.82) is 0 Å². The largest absolute Gasteiger partial charge is 0.388 e. The number of rotatable bonds is 4. The Kier molecular flexibility index (Phi) is 5.00. The highest BCUT2D eigenvalue weighted by Crippen LogP contribution is 2.35. The van der Waals surface area contributed by atoms with Gasteiger partial charge in [0.05, 0.1) is 6.10 Å². The van der Waals surface area contributed by atoms with Crippen molar-refractivity contribution in [1.82, 2.24) is 0 Å². The van der Waals surface area contributed by atoms with Crippen molar-refractivity contribution in [3.05, 3.63) is 69.5 Å². The van der Waals surface area contributed by atoms with E-state index >= 15 is 0 Å². The molecule has 2 atom stereocenters. The molecule has 2 unspecified atom stereocenters. The van der Waals surface area contributed by atoms with Crippen LogP contribution in [0.5, 0.6) is 0 Å². The van der Waals surface area contributed by atoms with Crippen LogP contribution in [0.15, 0.2) is 42.5 Å². The zero-order valence-corrected chi connectivity index (χ0v) is 12.1. The molecule has 5 heteroatoms. The van der Waals surface area contributed by atoms with Crippen LogP contribution in [-0.2, 0) is 0 Å². The second-order valence-corrected chi connectivity index (χ2v) is 5.35. The summed E-state index contributed by atoms with van der Waals surface area (Å²) in [4.78, 5) is 0. The summed E-state index contributed by atoms with van der Waals surface area (Å²) in [7, 11) is 0. The molecule has 0 fully saturated rings. The van der Waals surface area contributed by atoms with Gasteiger partial charge in [0.2, 0.25) is 0 Å². The Morgan fingerprint density at radius 1 is 1.15 bits per heavy atom. The summed E-state index contributed by atoms with van der Waals surface area (Å²) in [6.45, 7) is 0.180. The van der Waals surface area contributed by atoms with Gasteiger partial charge in [-0.3, -0.25) is 0 Å². The predicted octanol–water partition coefficient (Wildman–Crippen LogP) is 3.91. The molecule has 0 amide bonds. The zero-order valence-electron chi connectivity index (χ0n) is 10.6. The molecule has 2 aromatic rings. The number of benzene rings is 2. The summed E-state index contributed by atoms with van der Waals surface area (Å²) in [6.07, 6.45) is -0.936. The fourth-order valence-electron chi connectivity index (χ4n) is 2.15. The molecule has 0 saturated heterocycles. The third-order valence-electron chi connectivity index (χ3n) is 3.19. The Bertz CT molecular complexity index is 606. The molecular formula is C15H14Cl2FNO. The number of nitrogens with two attached hydrogens (primary N) is 1. The van der Waals surface area contributed by atoms with Gasteiger partial charge in [-0.2, -0.15) is 0 Å². The fourth-order valence-corrected chi connectivity index (χ4v) is 2.70. The number of aliphatic hydroxyl groups excluding tert-OH is 1. The first-order valence-electron chi connectivity index (χ1n) is 6.11. The van der Waals surface area contributed by atoms with Crippen molar-refractivity contribution < 1.29 is 9.50 Å². The average Bonchev–Trinajstić information content (AvgIpc) is 2.41. The van der Waals surface area contributed by atoms with Crippen LogP contribution < -0.4 is 5.73 Å².